The van der Waals surface area contributed by atoms with E-state index in [1.54, 1.807) is 18.2 Å². The molecular weight excluding hydrogens is 420 g/mol. The minimum Gasteiger partial charge on any atom is -0.317 e. The Balaban J connectivity index is 1.30. The standard InChI is InChI=1S/C25H28N4O4/c30-21-7-6-20(23(31)27-21)29-24(32)19-3-1-2-17(22(19)25(29)33)5-4-16-10-14-28(15-11-16)18-8-12-26-13-9-18/h1-3,16,18,20,26H,6-15H2,(H,27,30,31). The van der Waals surface area contributed by atoms with Gasteiger partial charge in [0.05, 0.1) is 11.1 Å². The van der Waals surface area contributed by atoms with Gasteiger partial charge in [-0.15, -0.1) is 0 Å². The number of carbonyl (C=O) groups excluding carboxylic acids is 4. The zero-order chi connectivity index (χ0) is 22.9. The van der Waals surface area contributed by atoms with Crippen LogP contribution in [-0.2, 0) is 9.59 Å². The molecule has 172 valence electrons. The number of likely N-dealkylation sites (tertiary alicyclic amines) is 1. The second kappa shape index (κ2) is 9.08. The molecule has 4 aliphatic rings. The number of nitrogens with zero attached hydrogens (tertiary/aromatic N) is 2. The number of imide groups is 2. The molecule has 4 amide bonds. The van der Waals surface area contributed by atoms with Crippen LogP contribution in [0.1, 0.15) is 64.8 Å². The van der Waals surface area contributed by atoms with Crippen LogP contribution in [-0.4, -0.2) is 71.7 Å². The van der Waals surface area contributed by atoms with Crippen LogP contribution in [0.15, 0.2) is 18.2 Å². The van der Waals surface area contributed by atoms with Gasteiger partial charge in [-0.05, 0) is 70.4 Å². The highest BCUT2D eigenvalue weighted by molar-refractivity contribution is 6.24. The molecule has 0 radical (unpaired) electrons. The van der Waals surface area contributed by atoms with E-state index in [9.17, 15) is 19.2 Å². The van der Waals surface area contributed by atoms with Gasteiger partial charge in [0, 0.05) is 23.9 Å². The highest BCUT2D eigenvalue weighted by Crippen LogP contribution is 2.30. The lowest BCUT2D eigenvalue weighted by Crippen LogP contribution is -2.54. The fourth-order valence-corrected chi connectivity index (χ4v) is 5.38. The van der Waals surface area contributed by atoms with Crippen molar-refractivity contribution >= 4 is 23.6 Å². The number of fused-ring (bicyclic) bond motifs is 1. The summed E-state index contributed by atoms with van der Waals surface area (Å²) < 4.78 is 0. The number of carbonyl (C=O) groups is 4. The van der Waals surface area contributed by atoms with Crippen molar-refractivity contribution in [3.8, 4) is 11.8 Å². The molecule has 0 aliphatic carbocycles. The Bertz CT molecular complexity index is 1060. The Morgan fingerprint density at radius 3 is 2.39 bits per heavy atom. The topological polar surface area (TPSA) is 98.8 Å². The van der Waals surface area contributed by atoms with E-state index in [1.165, 1.54) is 12.8 Å². The number of nitrogens with one attached hydrogen (secondary N) is 2. The lowest BCUT2D eigenvalue weighted by atomic mass is 9.93. The second-order valence-electron chi connectivity index (χ2n) is 9.24. The molecule has 1 aromatic carbocycles. The van der Waals surface area contributed by atoms with Crippen molar-refractivity contribution < 1.29 is 19.2 Å². The zero-order valence-electron chi connectivity index (χ0n) is 18.6. The molecule has 4 aliphatic heterocycles. The molecule has 0 aromatic heterocycles. The molecule has 1 aromatic rings. The molecule has 0 bridgehead atoms. The van der Waals surface area contributed by atoms with E-state index >= 15 is 0 Å². The average molecular weight is 449 g/mol. The third-order valence-corrected chi connectivity index (χ3v) is 7.23. The number of benzene rings is 1. The summed E-state index contributed by atoms with van der Waals surface area (Å²) in [6.07, 6.45) is 4.65. The zero-order valence-corrected chi connectivity index (χ0v) is 18.6. The fraction of sp³-hybridized carbons (Fsp3) is 0.520. The normalized spacial score (nSPS) is 25.0. The Labute approximate surface area is 193 Å². The first-order chi connectivity index (χ1) is 16.0. The van der Waals surface area contributed by atoms with Crippen molar-refractivity contribution in [3.05, 3.63) is 34.9 Å². The number of rotatable bonds is 2. The van der Waals surface area contributed by atoms with E-state index in [-0.39, 0.29) is 35.8 Å². The van der Waals surface area contributed by atoms with Crippen molar-refractivity contribution in [1.82, 2.24) is 20.4 Å². The molecule has 1 unspecified atom stereocenters. The van der Waals surface area contributed by atoms with E-state index < -0.39 is 23.8 Å². The van der Waals surface area contributed by atoms with Gasteiger partial charge in [0.15, 0.2) is 0 Å². The van der Waals surface area contributed by atoms with Gasteiger partial charge in [0.1, 0.15) is 6.04 Å². The van der Waals surface area contributed by atoms with Gasteiger partial charge in [-0.25, -0.2) is 0 Å². The van der Waals surface area contributed by atoms with Gasteiger partial charge in [-0.1, -0.05) is 17.9 Å². The summed E-state index contributed by atoms with van der Waals surface area (Å²) >= 11 is 0. The first kappa shape index (κ1) is 21.8. The maximum atomic E-state index is 13.2. The third kappa shape index (κ3) is 4.19. The highest BCUT2D eigenvalue weighted by Gasteiger charge is 2.45. The molecule has 8 nitrogen and oxygen atoms in total. The highest BCUT2D eigenvalue weighted by atomic mass is 16.2. The summed E-state index contributed by atoms with van der Waals surface area (Å²) in [6, 6.07) is 4.79. The van der Waals surface area contributed by atoms with E-state index in [4.69, 9.17) is 0 Å². The van der Waals surface area contributed by atoms with Crippen LogP contribution in [0.4, 0.5) is 0 Å². The van der Waals surface area contributed by atoms with E-state index in [1.807, 2.05) is 0 Å². The number of amides is 4. The van der Waals surface area contributed by atoms with Crippen LogP contribution >= 0.6 is 0 Å². The van der Waals surface area contributed by atoms with Gasteiger partial charge in [-0.2, -0.15) is 0 Å². The maximum absolute atomic E-state index is 13.2. The Morgan fingerprint density at radius 2 is 1.67 bits per heavy atom. The fourth-order valence-electron chi connectivity index (χ4n) is 5.38. The predicted octanol–water partition coefficient (Wildman–Crippen LogP) is 0.903. The third-order valence-electron chi connectivity index (χ3n) is 7.23. The molecular formula is C25H28N4O4. The van der Waals surface area contributed by atoms with Crippen LogP contribution in [0.5, 0.6) is 0 Å². The number of hydrogen-bond acceptors (Lipinski definition) is 6. The molecule has 3 fully saturated rings. The van der Waals surface area contributed by atoms with Crippen molar-refractivity contribution in [3.63, 3.8) is 0 Å². The SMILES string of the molecule is O=C1CCC(N2C(=O)c3cccc(C#CC4CCN(C5CCNCC5)CC4)c3C2=O)C(=O)N1. The second-order valence-corrected chi connectivity index (χ2v) is 9.24. The van der Waals surface area contributed by atoms with Gasteiger partial charge >= 0.3 is 0 Å². The molecule has 3 saturated heterocycles. The van der Waals surface area contributed by atoms with Crippen LogP contribution in [0, 0.1) is 17.8 Å². The lowest BCUT2D eigenvalue weighted by molar-refractivity contribution is -0.136. The van der Waals surface area contributed by atoms with E-state index in [0.717, 1.165) is 43.9 Å². The van der Waals surface area contributed by atoms with E-state index in [0.29, 0.717) is 11.6 Å². The smallest absolute Gasteiger partial charge is 0.263 e. The molecule has 33 heavy (non-hydrogen) atoms. The minimum atomic E-state index is -0.963. The summed E-state index contributed by atoms with van der Waals surface area (Å²) in [7, 11) is 0. The minimum absolute atomic E-state index is 0.104. The summed E-state index contributed by atoms with van der Waals surface area (Å²) in [5.41, 5.74) is 1.07. The quantitative estimate of drug-likeness (QED) is 0.515. The maximum Gasteiger partial charge on any atom is 0.263 e. The molecule has 0 spiro atoms. The molecule has 4 heterocycles. The Kier molecular flexibility index (Phi) is 6.00. The first-order valence-corrected chi connectivity index (χ1v) is 11.8. The van der Waals surface area contributed by atoms with Crippen LogP contribution in [0.2, 0.25) is 0 Å². The van der Waals surface area contributed by atoms with Crippen LogP contribution in [0.25, 0.3) is 0 Å². The summed E-state index contributed by atoms with van der Waals surface area (Å²) in [4.78, 5) is 53.5. The van der Waals surface area contributed by atoms with Crippen LogP contribution in [0.3, 0.4) is 0 Å². The summed E-state index contributed by atoms with van der Waals surface area (Å²) in [5.74, 6) is 4.78. The van der Waals surface area contributed by atoms with Crippen molar-refractivity contribution in [2.24, 2.45) is 5.92 Å². The van der Waals surface area contributed by atoms with E-state index in [2.05, 4.69) is 27.4 Å². The predicted molar refractivity (Wildman–Crippen MR) is 120 cm³/mol. The molecule has 1 atom stereocenters. The summed E-state index contributed by atoms with van der Waals surface area (Å²) in [5, 5.41) is 5.64. The van der Waals surface area contributed by atoms with Gasteiger partial charge in [0.25, 0.3) is 11.8 Å². The Hall–Kier alpha value is -3.02. The molecule has 0 saturated carbocycles. The average Bonchev–Trinajstić information content (AvgIpc) is 3.09. The van der Waals surface area contributed by atoms with Crippen molar-refractivity contribution in [2.75, 3.05) is 26.2 Å². The summed E-state index contributed by atoms with van der Waals surface area (Å²) in [6.45, 7) is 4.26. The monoisotopic (exact) mass is 448 g/mol. The van der Waals surface area contributed by atoms with Gasteiger partial charge in [-0.3, -0.25) is 29.4 Å². The first-order valence-electron chi connectivity index (χ1n) is 11.8. The molecule has 8 heteroatoms. The number of hydrogen-bond donors (Lipinski definition) is 2. The lowest BCUT2D eigenvalue weighted by Gasteiger charge is -2.38. The molecule has 2 N–H and O–H groups in total. The molecule has 5 rings (SSSR count). The Morgan fingerprint density at radius 1 is 0.909 bits per heavy atom. The largest absolute Gasteiger partial charge is 0.317 e. The van der Waals surface area contributed by atoms with Crippen LogP contribution < -0.4 is 10.6 Å². The van der Waals surface area contributed by atoms with Crippen molar-refractivity contribution in [2.45, 2.75) is 50.6 Å². The van der Waals surface area contributed by atoms with Gasteiger partial charge < -0.3 is 10.2 Å². The van der Waals surface area contributed by atoms with Gasteiger partial charge in [0.2, 0.25) is 11.8 Å². The number of piperidine rings is 3. The van der Waals surface area contributed by atoms with Crippen molar-refractivity contribution in [1.29, 1.82) is 0 Å².